The molecule has 1 atom stereocenters. The average molecular weight is 278 g/mol. The first kappa shape index (κ1) is 13.6. The number of thiophene rings is 1. The van der Waals surface area contributed by atoms with Gasteiger partial charge in [0.15, 0.2) is 0 Å². The minimum absolute atomic E-state index is 0.457. The summed E-state index contributed by atoms with van der Waals surface area (Å²) in [4.78, 5) is 4.13. The van der Waals surface area contributed by atoms with Gasteiger partial charge >= 0.3 is 0 Å². The molecule has 1 saturated carbocycles. The molecule has 3 heteroatoms. The summed E-state index contributed by atoms with van der Waals surface area (Å²) < 4.78 is 0. The van der Waals surface area contributed by atoms with E-state index in [-0.39, 0.29) is 0 Å². The van der Waals surface area contributed by atoms with Crippen LogP contribution in [0.4, 0.5) is 0 Å². The van der Waals surface area contributed by atoms with E-state index in [1.807, 2.05) is 11.3 Å². The summed E-state index contributed by atoms with van der Waals surface area (Å²) in [6.07, 6.45) is 8.68. The summed E-state index contributed by atoms with van der Waals surface area (Å²) in [5, 5.41) is 2.20. The molecule has 3 rings (SSSR count). The molecular weight excluding hydrogens is 252 g/mol. The summed E-state index contributed by atoms with van der Waals surface area (Å²) in [6, 6.07) is 2.68. The van der Waals surface area contributed by atoms with E-state index in [1.165, 1.54) is 62.1 Å². The van der Waals surface area contributed by atoms with Crippen molar-refractivity contribution in [1.82, 2.24) is 4.90 Å². The van der Waals surface area contributed by atoms with Gasteiger partial charge in [-0.15, -0.1) is 11.3 Å². The average Bonchev–Trinajstić information content (AvgIpc) is 3.04. The number of nitrogens with two attached hydrogens (primary N) is 1. The Kier molecular flexibility index (Phi) is 3.97. The molecule has 0 bridgehead atoms. The molecule has 1 aromatic heterocycles. The fourth-order valence-corrected chi connectivity index (χ4v) is 5.16. The van der Waals surface area contributed by atoms with Crippen LogP contribution in [0.3, 0.4) is 0 Å². The van der Waals surface area contributed by atoms with E-state index in [2.05, 4.69) is 23.3 Å². The summed E-state index contributed by atoms with van der Waals surface area (Å²) in [5.41, 5.74) is 8.20. The first-order valence-corrected chi connectivity index (χ1v) is 8.60. The van der Waals surface area contributed by atoms with Crippen LogP contribution in [0.15, 0.2) is 11.4 Å². The fraction of sp³-hybridized carbons (Fsp3) is 0.750. The minimum Gasteiger partial charge on any atom is -0.329 e. The molecule has 2 heterocycles. The van der Waals surface area contributed by atoms with Gasteiger partial charge in [-0.25, -0.2) is 0 Å². The first-order valence-electron chi connectivity index (χ1n) is 7.72. The molecule has 0 aromatic carbocycles. The van der Waals surface area contributed by atoms with E-state index in [1.54, 1.807) is 0 Å². The summed E-state index contributed by atoms with van der Waals surface area (Å²) >= 11 is 1.88. The van der Waals surface area contributed by atoms with Gasteiger partial charge in [0.2, 0.25) is 0 Å². The zero-order chi connectivity index (χ0) is 13.3. The van der Waals surface area contributed by atoms with Crippen LogP contribution in [0.25, 0.3) is 0 Å². The molecule has 2 nitrogen and oxygen atoms in total. The van der Waals surface area contributed by atoms with Gasteiger partial charge < -0.3 is 5.73 Å². The van der Waals surface area contributed by atoms with Gasteiger partial charge in [0.25, 0.3) is 0 Å². The maximum Gasteiger partial charge on any atom is 0.0566 e. The first-order chi connectivity index (χ1) is 9.24. The zero-order valence-corrected chi connectivity index (χ0v) is 12.8. The molecule has 1 spiro atoms. The normalized spacial score (nSPS) is 24.9. The number of nitrogens with zero attached hydrogens (tertiary/aromatic N) is 1. The number of hydrogen-bond donors (Lipinski definition) is 1. The van der Waals surface area contributed by atoms with Gasteiger partial charge in [-0.2, -0.15) is 0 Å². The fourth-order valence-electron chi connectivity index (χ4n) is 4.08. The lowest BCUT2D eigenvalue weighted by Crippen LogP contribution is -2.43. The van der Waals surface area contributed by atoms with Crippen LogP contribution in [0, 0.1) is 12.3 Å². The van der Waals surface area contributed by atoms with E-state index >= 15 is 0 Å². The van der Waals surface area contributed by atoms with Gasteiger partial charge in [0.05, 0.1) is 6.04 Å². The second kappa shape index (κ2) is 5.55. The Balaban J connectivity index is 1.68. The van der Waals surface area contributed by atoms with Crippen molar-refractivity contribution in [2.45, 2.75) is 51.5 Å². The van der Waals surface area contributed by atoms with Gasteiger partial charge in [0, 0.05) is 11.4 Å². The second-order valence-corrected chi connectivity index (χ2v) is 7.41. The SMILES string of the molecule is Cc1ccsc1C(CN)N1CCC2(CCCC2)CC1. The Hall–Kier alpha value is -0.380. The van der Waals surface area contributed by atoms with Gasteiger partial charge in [-0.1, -0.05) is 12.8 Å². The van der Waals surface area contributed by atoms with E-state index < -0.39 is 0 Å². The zero-order valence-electron chi connectivity index (χ0n) is 12.0. The third-order valence-corrected chi connectivity index (χ3v) is 6.51. The highest BCUT2D eigenvalue weighted by atomic mass is 32.1. The maximum absolute atomic E-state index is 6.07. The van der Waals surface area contributed by atoms with Crippen molar-refractivity contribution in [3.63, 3.8) is 0 Å². The maximum atomic E-state index is 6.07. The predicted molar refractivity (Wildman–Crippen MR) is 82.6 cm³/mol. The van der Waals surface area contributed by atoms with Gasteiger partial charge in [0.1, 0.15) is 0 Å². The number of piperidine rings is 1. The van der Waals surface area contributed by atoms with E-state index in [9.17, 15) is 0 Å². The summed E-state index contributed by atoms with van der Waals surface area (Å²) in [5.74, 6) is 0. The lowest BCUT2D eigenvalue weighted by atomic mass is 9.76. The smallest absolute Gasteiger partial charge is 0.0566 e. The monoisotopic (exact) mass is 278 g/mol. The Morgan fingerprint density at radius 2 is 1.95 bits per heavy atom. The van der Waals surface area contributed by atoms with Crippen LogP contribution in [0.5, 0.6) is 0 Å². The lowest BCUT2D eigenvalue weighted by Gasteiger charge is -2.42. The van der Waals surface area contributed by atoms with Crippen LogP contribution >= 0.6 is 11.3 Å². The Morgan fingerprint density at radius 1 is 1.26 bits per heavy atom. The molecule has 1 saturated heterocycles. The third kappa shape index (κ3) is 2.61. The Morgan fingerprint density at radius 3 is 2.47 bits per heavy atom. The van der Waals surface area contributed by atoms with Crippen LogP contribution in [0.2, 0.25) is 0 Å². The van der Waals surface area contributed by atoms with Crippen molar-refractivity contribution in [2.75, 3.05) is 19.6 Å². The highest BCUT2D eigenvalue weighted by Gasteiger charge is 2.38. The predicted octanol–water partition coefficient (Wildman–Crippen LogP) is 3.71. The molecule has 1 unspecified atom stereocenters. The van der Waals surface area contributed by atoms with Crippen molar-refractivity contribution in [3.05, 3.63) is 21.9 Å². The number of likely N-dealkylation sites (tertiary alicyclic amines) is 1. The topological polar surface area (TPSA) is 29.3 Å². The molecule has 0 radical (unpaired) electrons. The number of rotatable bonds is 3. The van der Waals surface area contributed by atoms with Crippen molar-refractivity contribution >= 4 is 11.3 Å². The highest BCUT2D eigenvalue weighted by Crippen LogP contribution is 2.47. The van der Waals surface area contributed by atoms with Crippen LogP contribution < -0.4 is 5.73 Å². The highest BCUT2D eigenvalue weighted by molar-refractivity contribution is 7.10. The van der Waals surface area contributed by atoms with E-state index in [0.29, 0.717) is 11.5 Å². The molecule has 2 fully saturated rings. The van der Waals surface area contributed by atoms with Crippen molar-refractivity contribution in [1.29, 1.82) is 0 Å². The van der Waals surface area contributed by atoms with Crippen molar-refractivity contribution in [2.24, 2.45) is 11.1 Å². The number of aryl methyl sites for hydroxylation is 1. The largest absolute Gasteiger partial charge is 0.329 e. The Bertz CT molecular complexity index is 410. The lowest BCUT2D eigenvalue weighted by molar-refractivity contribution is 0.0790. The summed E-state index contributed by atoms with van der Waals surface area (Å²) in [7, 11) is 0. The third-order valence-electron chi connectivity index (χ3n) is 5.39. The second-order valence-electron chi connectivity index (χ2n) is 6.46. The minimum atomic E-state index is 0.457. The molecule has 1 aliphatic carbocycles. The molecule has 106 valence electrons. The van der Waals surface area contributed by atoms with Crippen LogP contribution in [-0.2, 0) is 0 Å². The molecule has 1 aromatic rings. The molecule has 2 N–H and O–H groups in total. The van der Waals surface area contributed by atoms with Gasteiger partial charge in [-0.3, -0.25) is 4.90 Å². The van der Waals surface area contributed by atoms with E-state index in [4.69, 9.17) is 5.73 Å². The van der Waals surface area contributed by atoms with Crippen LogP contribution in [-0.4, -0.2) is 24.5 Å². The molecular formula is C16H26N2S. The number of hydrogen-bond acceptors (Lipinski definition) is 3. The van der Waals surface area contributed by atoms with Crippen LogP contribution in [0.1, 0.15) is 55.0 Å². The molecule has 0 amide bonds. The Labute approximate surface area is 121 Å². The molecule has 19 heavy (non-hydrogen) atoms. The molecule has 1 aliphatic heterocycles. The van der Waals surface area contributed by atoms with Gasteiger partial charge in [-0.05, 0) is 68.1 Å². The quantitative estimate of drug-likeness (QED) is 0.913. The standard InChI is InChI=1S/C16H26N2S/c1-13-4-11-19-15(13)14(12-17)18-9-7-16(8-10-18)5-2-3-6-16/h4,11,14H,2-3,5-10,12,17H2,1H3. The van der Waals surface area contributed by atoms with E-state index in [0.717, 1.165) is 6.54 Å². The molecule has 2 aliphatic rings. The van der Waals surface area contributed by atoms with Crippen molar-refractivity contribution in [3.8, 4) is 0 Å². The summed E-state index contributed by atoms with van der Waals surface area (Å²) in [6.45, 7) is 5.48. The van der Waals surface area contributed by atoms with Crippen molar-refractivity contribution < 1.29 is 0 Å².